The first-order valence-corrected chi connectivity index (χ1v) is 6.77. The zero-order valence-electron chi connectivity index (χ0n) is 10.4. The van der Waals surface area contributed by atoms with E-state index in [0.717, 1.165) is 20.9 Å². The molecule has 2 aromatic rings. The summed E-state index contributed by atoms with van der Waals surface area (Å²) in [6.07, 6.45) is 0. The summed E-state index contributed by atoms with van der Waals surface area (Å²) in [6.45, 7) is 3.84. The highest BCUT2D eigenvalue weighted by molar-refractivity contribution is 7.85. The number of nitrogens with two attached hydrogens (primary N) is 2. The van der Waals surface area contributed by atoms with E-state index in [-0.39, 0.29) is 0 Å². The van der Waals surface area contributed by atoms with E-state index in [9.17, 15) is 4.21 Å². The fourth-order valence-corrected chi connectivity index (χ4v) is 3.07. The summed E-state index contributed by atoms with van der Waals surface area (Å²) in [5.74, 6) is 0. The molecule has 0 fully saturated rings. The van der Waals surface area contributed by atoms with Crippen LogP contribution in [0.4, 0.5) is 11.4 Å². The van der Waals surface area contributed by atoms with E-state index in [1.165, 1.54) is 0 Å². The minimum Gasteiger partial charge on any atom is -0.399 e. The predicted octanol–water partition coefficient (Wildman–Crippen LogP) is 2.63. The van der Waals surface area contributed by atoms with Crippen molar-refractivity contribution in [1.82, 2.24) is 0 Å². The van der Waals surface area contributed by atoms with E-state index in [2.05, 4.69) is 0 Å². The molecule has 0 radical (unpaired) electrons. The van der Waals surface area contributed by atoms with Crippen LogP contribution >= 0.6 is 0 Å². The van der Waals surface area contributed by atoms with Gasteiger partial charge in [0.05, 0.1) is 10.8 Å². The maximum Gasteiger partial charge on any atom is 0.0850 e. The maximum atomic E-state index is 12.4. The van der Waals surface area contributed by atoms with Crippen LogP contribution in [0.25, 0.3) is 0 Å². The molecule has 2 aromatic carbocycles. The number of hydrogen-bond donors (Lipinski definition) is 2. The second-order valence-corrected chi connectivity index (χ2v) is 5.85. The van der Waals surface area contributed by atoms with Crippen molar-refractivity contribution in [2.75, 3.05) is 11.5 Å². The van der Waals surface area contributed by atoms with Crippen molar-refractivity contribution in [1.29, 1.82) is 0 Å². The van der Waals surface area contributed by atoms with Gasteiger partial charge in [0.25, 0.3) is 0 Å². The lowest BCUT2D eigenvalue weighted by molar-refractivity contribution is 0.683. The molecule has 0 aromatic heterocycles. The third-order valence-electron chi connectivity index (χ3n) is 2.74. The normalized spacial score (nSPS) is 12.3. The van der Waals surface area contributed by atoms with Crippen LogP contribution in [0.15, 0.2) is 46.2 Å². The van der Waals surface area contributed by atoms with Gasteiger partial charge in [-0.05, 0) is 61.4 Å². The fourth-order valence-electron chi connectivity index (χ4n) is 1.78. The SMILES string of the molecule is Cc1cc(N)cc(S(=O)c2ccc(N)c(C)c2)c1. The smallest absolute Gasteiger partial charge is 0.0850 e. The zero-order chi connectivity index (χ0) is 13.3. The number of anilines is 2. The molecule has 2 rings (SSSR count). The highest BCUT2D eigenvalue weighted by Gasteiger charge is 2.09. The summed E-state index contributed by atoms with van der Waals surface area (Å²) in [6, 6.07) is 10.9. The average molecular weight is 260 g/mol. The summed E-state index contributed by atoms with van der Waals surface area (Å²) in [4.78, 5) is 1.46. The Morgan fingerprint density at radius 3 is 2.28 bits per heavy atom. The summed E-state index contributed by atoms with van der Waals surface area (Å²) >= 11 is 0. The van der Waals surface area contributed by atoms with Gasteiger partial charge in [-0.3, -0.25) is 0 Å². The van der Waals surface area contributed by atoms with Crippen molar-refractivity contribution in [2.45, 2.75) is 23.6 Å². The monoisotopic (exact) mass is 260 g/mol. The van der Waals surface area contributed by atoms with Crippen LogP contribution in [-0.4, -0.2) is 4.21 Å². The number of benzene rings is 2. The van der Waals surface area contributed by atoms with Crippen LogP contribution in [0.5, 0.6) is 0 Å². The van der Waals surface area contributed by atoms with Crippen molar-refractivity contribution in [3.8, 4) is 0 Å². The molecule has 0 aliphatic carbocycles. The van der Waals surface area contributed by atoms with Crippen LogP contribution in [0.2, 0.25) is 0 Å². The molecule has 0 saturated carbocycles. The molecule has 0 amide bonds. The Bertz CT molecular complexity index is 603. The second-order valence-electron chi connectivity index (χ2n) is 4.37. The minimum absolute atomic E-state index is 0.630. The number of hydrogen-bond acceptors (Lipinski definition) is 3. The number of rotatable bonds is 2. The Hall–Kier alpha value is -1.81. The molecule has 4 heteroatoms. The first-order valence-electron chi connectivity index (χ1n) is 5.62. The molecule has 4 N–H and O–H groups in total. The van der Waals surface area contributed by atoms with Crippen LogP contribution in [-0.2, 0) is 10.8 Å². The lowest BCUT2D eigenvalue weighted by Gasteiger charge is -2.07. The predicted molar refractivity (Wildman–Crippen MR) is 75.9 cm³/mol. The molecule has 1 atom stereocenters. The molecule has 0 bridgehead atoms. The Labute approximate surface area is 109 Å². The summed E-state index contributed by atoms with van der Waals surface area (Å²) in [5.41, 5.74) is 14.8. The van der Waals surface area contributed by atoms with E-state index in [1.54, 1.807) is 18.2 Å². The van der Waals surface area contributed by atoms with E-state index >= 15 is 0 Å². The van der Waals surface area contributed by atoms with Gasteiger partial charge in [0, 0.05) is 21.2 Å². The average Bonchev–Trinajstić information content (AvgIpc) is 2.30. The van der Waals surface area contributed by atoms with Gasteiger partial charge >= 0.3 is 0 Å². The topological polar surface area (TPSA) is 69.1 Å². The molecule has 94 valence electrons. The van der Waals surface area contributed by atoms with E-state index < -0.39 is 10.8 Å². The van der Waals surface area contributed by atoms with Crippen LogP contribution in [0.1, 0.15) is 11.1 Å². The van der Waals surface area contributed by atoms with Gasteiger partial charge < -0.3 is 11.5 Å². The van der Waals surface area contributed by atoms with Gasteiger partial charge in [-0.2, -0.15) is 0 Å². The lowest BCUT2D eigenvalue weighted by Crippen LogP contribution is -1.98. The zero-order valence-corrected chi connectivity index (χ0v) is 11.3. The molecular formula is C14H16N2OS. The largest absolute Gasteiger partial charge is 0.399 e. The minimum atomic E-state index is -1.22. The highest BCUT2D eigenvalue weighted by atomic mass is 32.2. The molecule has 0 aliphatic rings. The first-order chi connectivity index (χ1) is 8.47. The number of aryl methyl sites for hydroxylation is 2. The van der Waals surface area contributed by atoms with Crippen molar-refractivity contribution < 1.29 is 4.21 Å². The quantitative estimate of drug-likeness (QED) is 0.815. The van der Waals surface area contributed by atoms with Crippen molar-refractivity contribution in [3.63, 3.8) is 0 Å². The summed E-state index contributed by atoms with van der Waals surface area (Å²) in [5, 5.41) is 0. The maximum absolute atomic E-state index is 12.4. The van der Waals surface area contributed by atoms with Crippen LogP contribution in [0, 0.1) is 13.8 Å². The molecule has 0 spiro atoms. The highest BCUT2D eigenvalue weighted by Crippen LogP contribution is 2.22. The van der Waals surface area contributed by atoms with Gasteiger partial charge in [-0.25, -0.2) is 4.21 Å². The van der Waals surface area contributed by atoms with Crippen molar-refractivity contribution in [3.05, 3.63) is 47.5 Å². The summed E-state index contributed by atoms with van der Waals surface area (Å²) in [7, 11) is -1.22. The fraction of sp³-hybridized carbons (Fsp3) is 0.143. The molecule has 3 nitrogen and oxygen atoms in total. The van der Waals surface area contributed by atoms with Crippen LogP contribution in [0.3, 0.4) is 0 Å². The third-order valence-corrected chi connectivity index (χ3v) is 4.09. The van der Waals surface area contributed by atoms with E-state index in [0.29, 0.717) is 11.4 Å². The molecule has 1 unspecified atom stereocenters. The van der Waals surface area contributed by atoms with Gasteiger partial charge in [-0.15, -0.1) is 0 Å². The number of nitrogen functional groups attached to an aromatic ring is 2. The third kappa shape index (κ3) is 2.54. The second kappa shape index (κ2) is 4.82. The molecule has 18 heavy (non-hydrogen) atoms. The van der Waals surface area contributed by atoms with Gasteiger partial charge in [0.2, 0.25) is 0 Å². The van der Waals surface area contributed by atoms with Gasteiger partial charge in [0.15, 0.2) is 0 Å². The van der Waals surface area contributed by atoms with E-state index in [4.69, 9.17) is 11.5 Å². The Morgan fingerprint density at radius 1 is 0.944 bits per heavy atom. The standard InChI is InChI=1S/C14H16N2OS/c1-9-5-11(15)8-13(6-9)18(17)12-3-4-14(16)10(2)7-12/h3-8H,15-16H2,1-2H3. The van der Waals surface area contributed by atoms with Gasteiger partial charge in [0.1, 0.15) is 0 Å². The van der Waals surface area contributed by atoms with Crippen molar-refractivity contribution >= 4 is 22.2 Å². The molecule has 0 saturated heterocycles. The summed E-state index contributed by atoms with van der Waals surface area (Å²) < 4.78 is 12.4. The molecule has 0 aliphatic heterocycles. The molecule has 0 heterocycles. The van der Waals surface area contributed by atoms with Crippen LogP contribution < -0.4 is 11.5 Å². The Balaban J connectivity index is 2.44. The van der Waals surface area contributed by atoms with Gasteiger partial charge in [-0.1, -0.05) is 0 Å². The Morgan fingerprint density at radius 2 is 1.67 bits per heavy atom. The Kier molecular flexibility index (Phi) is 3.39. The van der Waals surface area contributed by atoms with E-state index in [1.807, 2.05) is 32.0 Å². The molecular weight excluding hydrogens is 244 g/mol. The van der Waals surface area contributed by atoms with Crippen molar-refractivity contribution in [2.24, 2.45) is 0 Å². The first kappa shape index (κ1) is 12.6. The lowest BCUT2D eigenvalue weighted by atomic mass is 10.2.